The molecule has 2 rings (SSSR count). The monoisotopic (exact) mass is 205 g/mol. The van der Waals surface area contributed by atoms with Gasteiger partial charge in [0.05, 0.1) is 6.10 Å². The highest BCUT2D eigenvalue weighted by atomic mass is 16.3. The number of benzene rings is 1. The number of hydrogen-bond donors (Lipinski definition) is 2. The maximum absolute atomic E-state index is 10.0. The molecule has 0 amide bonds. The van der Waals surface area contributed by atoms with E-state index >= 15 is 0 Å². The first kappa shape index (κ1) is 10.7. The molecule has 1 aromatic rings. The van der Waals surface area contributed by atoms with Gasteiger partial charge in [0.25, 0.3) is 0 Å². The van der Waals surface area contributed by atoms with Crippen molar-refractivity contribution in [3.63, 3.8) is 0 Å². The highest BCUT2D eigenvalue weighted by Crippen LogP contribution is 2.22. The summed E-state index contributed by atoms with van der Waals surface area (Å²) >= 11 is 0. The molecule has 0 unspecified atom stereocenters. The summed E-state index contributed by atoms with van der Waals surface area (Å²) in [5.74, 6) is 0. The van der Waals surface area contributed by atoms with Gasteiger partial charge in [-0.05, 0) is 37.8 Å². The Hall–Kier alpha value is -0.860. The number of aliphatic hydroxyl groups is 1. The maximum Gasteiger partial charge on any atom is 0.0917 e. The molecule has 2 N–H and O–H groups in total. The summed E-state index contributed by atoms with van der Waals surface area (Å²) in [6, 6.07) is 6.87. The van der Waals surface area contributed by atoms with Crippen molar-refractivity contribution in [2.45, 2.75) is 38.8 Å². The van der Waals surface area contributed by atoms with Gasteiger partial charge in [-0.15, -0.1) is 0 Å². The van der Waals surface area contributed by atoms with Gasteiger partial charge < -0.3 is 10.4 Å². The minimum Gasteiger partial charge on any atom is -0.387 e. The van der Waals surface area contributed by atoms with Gasteiger partial charge in [-0.2, -0.15) is 0 Å². The lowest BCUT2D eigenvalue weighted by molar-refractivity contribution is 0.173. The van der Waals surface area contributed by atoms with E-state index in [4.69, 9.17) is 0 Å². The van der Waals surface area contributed by atoms with Crippen LogP contribution in [-0.2, 0) is 0 Å². The Balaban J connectivity index is 1.99. The Morgan fingerprint density at radius 2 is 2.13 bits per heavy atom. The van der Waals surface area contributed by atoms with Crippen LogP contribution < -0.4 is 5.32 Å². The van der Waals surface area contributed by atoms with E-state index in [0.29, 0.717) is 12.6 Å². The zero-order valence-electron chi connectivity index (χ0n) is 9.46. The molecule has 1 aliphatic rings. The van der Waals surface area contributed by atoms with E-state index in [0.717, 1.165) is 5.56 Å². The normalized spacial score (nSPS) is 17.8. The van der Waals surface area contributed by atoms with Crippen LogP contribution in [0.1, 0.15) is 35.6 Å². The first-order valence-electron chi connectivity index (χ1n) is 5.65. The molecule has 2 nitrogen and oxygen atoms in total. The Bertz CT molecular complexity index is 344. The Morgan fingerprint density at radius 3 is 2.73 bits per heavy atom. The van der Waals surface area contributed by atoms with Gasteiger partial charge >= 0.3 is 0 Å². The second-order valence-corrected chi connectivity index (χ2v) is 4.56. The zero-order valence-corrected chi connectivity index (χ0v) is 9.46. The van der Waals surface area contributed by atoms with Crippen LogP contribution in [0.3, 0.4) is 0 Å². The standard InChI is InChI=1S/C13H19NO/c1-9-3-6-12(10(2)7-9)13(15)8-14-11-4-5-11/h3,6-7,11,13-15H,4-5,8H2,1-2H3/t13-/m1/s1. The van der Waals surface area contributed by atoms with Crippen LogP contribution in [-0.4, -0.2) is 17.7 Å². The fourth-order valence-corrected chi connectivity index (χ4v) is 1.88. The number of aryl methyl sites for hydroxylation is 2. The summed E-state index contributed by atoms with van der Waals surface area (Å²) in [4.78, 5) is 0. The minimum atomic E-state index is -0.369. The number of nitrogens with one attached hydrogen (secondary N) is 1. The second kappa shape index (κ2) is 4.33. The van der Waals surface area contributed by atoms with Gasteiger partial charge in [0, 0.05) is 12.6 Å². The van der Waals surface area contributed by atoms with Crippen LogP contribution in [0.2, 0.25) is 0 Å². The lowest BCUT2D eigenvalue weighted by Gasteiger charge is -2.14. The lowest BCUT2D eigenvalue weighted by atomic mass is 10.0. The summed E-state index contributed by atoms with van der Waals surface area (Å²) in [6.45, 7) is 4.81. The van der Waals surface area contributed by atoms with E-state index in [1.807, 2.05) is 6.07 Å². The van der Waals surface area contributed by atoms with Crippen LogP contribution in [0.4, 0.5) is 0 Å². The predicted octanol–water partition coefficient (Wildman–Crippen LogP) is 2.09. The minimum absolute atomic E-state index is 0.369. The molecule has 0 aliphatic heterocycles. The van der Waals surface area contributed by atoms with Gasteiger partial charge in [-0.25, -0.2) is 0 Å². The van der Waals surface area contributed by atoms with Crippen LogP contribution in [0.5, 0.6) is 0 Å². The van der Waals surface area contributed by atoms with E-state index < -0.39 is 0 Å². The first-order valence-corrected chi connectivity index (χ1v) is 5.65. The molecule has 1 atom stereocenters. The summed E-state index contributed by atoms with van der Waals surface area (Å²) in [5, 5.41) is 13.4. The summed E-state index contributed by atoms with van der Waals surface area (Å²) in [6.07, 6.45) is 2.16. The Morgan fingerprint density at radius 1 is 1.40 bits per heavy atom. The zero-order chi connectivity index (χ0) is 10.8. The molecule has 0 heterocycles. The van der Waals surface area contributed by atoms with Gasteiger partial charge in [0.1, 0.15) is 0 Å². The molecule has 1 saturated carbocycles. The third kappa shape index (κ3) is 2.80. The highest BCUT2D eigenvalue weighted by molar-refractivity contribution is 5.32. The average molecular weight is 205 g/mol. The third-order valence-electron chi connectivity index (χ3n) is 2.96. The summed E-state index contributed by atoms with van der Waals surface area (Å²) in [7, 11) is 0. The number of rotatable bonds is 4. The van der Waals surface area contributed by atoms with Gasteiger partial charge in [-0.3, -0.25) is 0 Å². The predicted molar refractivity (Wildman–Crippen MR) is 61.9 cm³/mol. The van der Waals surface area contributed by atoms with Crippen LogP contribution in [0.25, 0.3) is 0 Å². The molecule has 82 valence electrons. The van der Waals surface area contributed by atoms with Crippen LogP contribution in [0, 0.1) is 13.8 Å². The fourth-order valence-electron chi connectivity index (χ4n) is 1.88. The number of aliphatic hydroxyl groups excluding tert-OH is 1. The van der Waals surface area contributed by atoms with E-state index in [9.17, 15) is 5.11 Å². The molecule has 0 bridgehead atoms. The number of hydrogen-bond acceptors (Lipinski definition) is 2. The van der Waals surface area contributed by atoms with Crippen molar-refractivity contribution in [2.24, 2.45) is 0 Å². The molecule has 1 aromatic carbocycles. The fraction of sp³-hybridized carbons (Fsp3) is 0.538. The molecule has 2 heteroatoms. The Kier molecular flexibility index (Phi) is 3.08. The van der Waals surface area contributed by atoms with Crippen molar-refractivity contribution < 1.29 is 5.11 Å². The van der Waals surface area contributed by atoms with Crippen LogP contribution >= 0.6 is 0 Å². The van der Waals surface area contributed by atoms with Gasteiger partial charge in [0.15, 0.2) is 0 Å². The van der Waals surface area contributed by atoms with E-state index in [-0.39, 0.29) is 6.10 Å². The van der Waals surface area contributed by atoms with Crippen molar-refractivity contribution in [3.8, 4) is 0 Å². The smallest absolute Gasteiger partial charge is 0.0917 e. The summed E-state index contributed by atoms with van der Waals surface area (Å²) in [5.41, 5.74) is 3.48. The first-order chi connectivity index (χ1) is 7.16. The SMILES string of the molecule is Cc1ccc([C@H](O)CNC2CC2)c(C)c1. The second-order valence-electron chi connectivity index (χ2n) is 4.56. The van der Waals surface area contributed by atoms with Crippen LogP contribution in [0.15, 0.2) is 18.2 Å². The lowest BCUT2D eigenvalue weighted by Crippen LogP contribution is -2.23. The van der Waals surface area contributed by atoms with E-state index in [2.05, 4.69) is 31.3 Å². The molecular formula is C13H19NO. The molecule has 0 saturated heterocycles. The summed E-state index contributed by atoms with van der Waals surface area (Å²) < 4.78 is 0. The van der Waals surface area contributed by atoms with Crippen molar-refractivity contribution in [2.75, 3.05) is 6.54 Å². The average Bonchev–Trinajstić information content (AvgIpc) is 2.97. The molecular weight excluding hydrogens is 186 g/mol. The Labute approximate surface area is 91.3 Å². The van der Waals surface area contributed by atoms with Gasteiger partial charge in [-0.1, -0.05) is 23.8 Å². The highest BCUT2D eigenvalue weighted by Gasteiger charge is 2.21. The van der Waals surface area contributed by atoms with E-state index in [1.165, 1.54) is 24.0 Å². The molecule has 1 aliphatic carbocycles. The topological polar surface area (TPSA) is 32.3 Å². The third-order valence-corrected chi connectivity index (χ3v) is 2.96. The van der Waals surface area contributed by atoms with Crippen molar-refractivity contribution in [1.29, 1.82) is 0 Å². The van der Waals surface area contributed by atoms with E-state index in [1.54, 1.807) is 0 Å². The largest absolute Gasteiger partial charge is 0.387 e. The maximum atomic E-state index is 10.0. The molecule has 0 aromatic heterocycles. The van der Waals surface area contributed by atoms with Gasteiger partial charge in [0.2, 0.25) is 0 Å². The molecule has 1 fully saturated rings. The van der Waals surface area contributed by atoms with Crippen molar-refractivity contribution in [3.05, 3.63) is 34.9 Å². The molecule has 0 spiro atoms. The quantitative estimate of drug-likeness (QED) is 0.789. The molecule has 0 radical (unpaired) electrons. The van der Waals surface area contributed by atoms with Crippen molar-refractivity contribution in [1.82, 2.24) is 5.32 Å². The molecule has 15 heavy (non-hydrogen) atoms. The van der Waals surface area contributed by atoms with Crippen molar-refractivity contribution >= 4 is 0 Å².